The fourth-order valence-electron chi connectivity index (χ4n) is 1.70. The lowest BCUT2D eigenvalue weighted by Crippen LogP contribution is -2.26. The number of halogens is 1. The maximum absolute atomic E-state index is 11.7. The number of ether oxygens (including phenoxy) is 3. The zero-order valence-electron chi connectivity index (χ0n) is 17.1. The highest BCUT2D eigenvalue weighted by atomic mass is 127. The van der Waals surface area contributed by atoms with E-state index in [9.17, 15) is 14.4 Å². The van der Waals surface area contributed by atoms with Crippen molar-refractivity contribution >= 4 is 67.8 Å². The molecule has 13 heteroatoms. The van der Waals surface area contributed by atoms with Crippen molar-refractivity contribution in [2.45, 2.75) is 12.8 Å². The van der Waals surface area contributed by atoms with E-state index >= 15 is 0 Å². The number of carbonyl (C=O) groups is 3. The molecule has 0 aromatic rings. The Morgan fingerprint density at radius 1 is 0.833 bits per heavy atom. The second-order valence-corrected chi connectivity index (χ2v) is 8.95. The highest BCUT2D eigenvalue weighted by molar-refractivity contribution is 14.1. The third kappa shape index (κ3) is 23.6. The Balaban J connectivity index is 3.27. The number of carbonyl (C=O) groups excluding carboxylic acids is 3. The maximum atomic E-state index is 11.7. The Kier molecular flexibility index (Phi) is 22.5. The SMILES string of the molecule is BC#CCNC(=O)CCOCSSCCNC(=O)CCOCCOCCNC(=O)I. The van der Waals surface area contributed by atoms with E-state index in [1.165, 1.54) is 10.8 Å². The molecule has 0 saturated carbocycles. The monoisotopic (exact) mass is 573 g/mol. The van der Waals surface area contributed by atoms with Gasteiger partial charge in [0.2, 0.25) is 11.8 Å². The summed E-state index contributed by atoms with van der Waals surface area (Å²) < 4.78 is 15.8. The predicted molar refractivity (Wildman–Crippen MR) is 131 cm³/mol. The minimum Gasteiger partial charge on any atom is -0.379 e. The molecule has 9 nitrogen and oxygen atoms in total. The smallest absolute Gasteiger partial charge is 0.280 e. The quantitative estimate of drug-likeness (QED) is 0.0292. The van der Waals surface area contributed by atoms with Crippen LogP contribution in [-0.2, 0) is 23.8 Å². The standard InChI is InChI=1S/C17H29BIN3O6S2/c18-4-1-5-20-15(23)3-9-28-14-30-29-13-7-21-16(24)2-8-26-11-12-27-10-6-22-17(19)25/h2-3,5-14,18H2,(H,20,23)(H,21,24)(H,22,25). The van der Waals surface area contributed by atoms with Crippen molar-refractivity contribution in [3.8, 4) is 11.7 Å². The fraction of sp³-hybridized carbons (Fsp3) is 0.706. The van der Waals surface area contributed by atoms with Gasteiger partial charge in [-0.05, 0) is 0 Å². The Hall–Kier alpha value is -0.655. The van der Waals surface area contributed by atoms with Crippen molar-refractivity contribution in [2.24, 2.45) is 0 Å². The van der Waals surface area contributed by atoms with E-state index in [0.717, 1.165) is 5.75 Å². The van der Waals surface area contributed by atoms with E-state index in [0.29, 0.717) is 71.4 Å². The molecule has 0 rings (SSSR count). The third-order valence-corrected chi connectivity index (χ3v) is 5.57. The molecule has 0 aliphatic heterocycles. The molecule has 0 aliphatic rings. The van der Waals surface area contributed by atoms with Crippen LogP contribution in [0.2, 0.25) is 0 Å². The summed E-state index contributed by atoms with van der Waals surface area (Å²) in [6, 6.07) is 0. The summed E-state index contributed by atoms with van der Waals surface area (Å²) in [5, 5.41) is 8.11. The summed E-state index contributed by atoms with van der Waals surface area (Å²) in [5.74, 6) is 6.59. The molecular weight excluding hydrogens is 544 g/mol. The molecule has 170 valence electrons. The van der Waals surface area contributed by atoms with Crippen LogP contribution >= 0.6 is 44.2 Å². The van der Waals surface area contributed by atoms with Crippen LogP contribution in [0.3, 0.4) is 0 Å². The van der Waals surface area contributed by atoms with Gasteiger partial charge in [0, 0.05) is 47.9 Å². The molecule has 0 aromatic carbocycles. The second-order valence-electron chi connectivity index (χ2n) is 5.44. The van der Waals surface area contributed by atoms with Crippen LogP contribution in [0.25, 0.3) is 0 Å². The first kappa shape index (κ1) is 29.3. The van der Waals surface area contributed by atoms with Gasteiger partial charge in [-0.3, -0.25) is 14.4 Å². The highest BCUT2D eigenvalue weighted by Crippen LogP contribution is 2.20. The van der Waals surface area contributed by atoms with Crippen LogP contribution in [0, 0.1) is 11.7 Å². The van der Waals surface area contributed by atoms with Gasteiger partial charge in [-0.15, -0.1) is 0 Å². The van der Waals surface area contributed by atoms with E-state index in [4.69, 9.17) is 14.2 Å². The Labute approximate surface area is 200 Å². The van der Waals surface area contributed by atoms with Crippen molar-refractivity contribution in [3.63, 3.8) is 0 Å². The van der Waals surface area contributed by atoms with Gasteiger partial charge in [-0.1, -0.05) is 27.5 Å². The van der Waals surface area contributed by atoms with Crippen LogP contribution in [0.5, 0.6) is 0 Å². The molecule has 3 N–H and O–H groups in total. The topological polar surface area (TPSA) is 115 Å². The zero-order chi connectivity index (χ0) is 22.3. The van der Waals surface area contributed by atoms with Gasteiger partial charge < -0.3 is 30.2 Å². The number of amides is 3. The van der Waals surface area contributed by atoms with E-state index in [2.05, 4.69) is 27.7 Å². The average Bonchev–Trinajstić information content (AvgIpc) is 2.71. The summed E-state index contributed by atoms with van der Waals surface area (Å²) in [7, 11) is 4.86. The summed E-state index contributed by atoms with van der Waals surface area (Å²) in [6.07, 6.45) is 0.620. The average molecular weight is 573 g/mol. The largest absolute Gasteiger partial charge is 0.379 e. The van der Waals surface area contributed by atoms with Crippen LogP contribution < -0.4 is 16.0 Å². The second kappa shape index (κ2) is 23.0. The molecule has 0 heterocycles. The van der Waals surface area contributed by atoms with Gasteiger partial charge >= 0.3 is 0 Å². The molecule has 0 aliphatic carbocycles. The fourth-order valence-corrected chi connectivity index (χ4v) is 3.54. The van der Waals surface area contributed by atoms with Crippen LogP contribution in [-0.4, -0.2) is 87.9 Å². The third-order valence-electron chi connectivity index (χ3n) is 3.10. The van der Waals surface area contributed by atoms with Crippen molar-refractivity contribution in [2.75, 3.05) is 64.4 Å². The molecule has 3 amide bonds. The summed E-state index contributed by atoms with van der Waals surface area (Å²) in [6.45, 7) is 3.39. The van der Waals surface area contributed by atoms with Gasteiger partial charge in [0.05, 0.1) is 46.0 Å². The number of hydrogen-bond donors (Lipinski definition) is 3. The van der Waals surface area contributed by atoms with Crippen molar-refractivity contribution in [1.82, 2.24) is 16.0 Å². The lowest BCUT2D eigenvalue weighted by molar-refractivity contribution is -0.122. The van der Waals surface area contributed by atoms with Crippen molar-refractivity contribution in [3.05, 3.63) is 0 Å². The maximum Gasteiger partial charge on any atom is 0.280 e. The lowest BCUT2D eigenvalue weighted by Gasteiger charge is -2.07. The summed E-state index contributed by atoms with van der Waals surface area (Å²) in [4.78, 5) is 33.7. The summed E-state index contributed by atoms with van der Waals surface area (Å²) >= 11 is 1.66. The molecular formula is C17H29BIN3O6S2. The minimum atomic E-state index is -0.112. The van der Waals surface area contributed by atoms with Crippen LogP contribution in [0.4, 0.5) is 4.79 Å². The van der Waals surface area contributed by atoms with Gasteiger partial charge in [-0.25, -0.2) is 0 Å². The van der Waals surface area contributed by atoms with Gasteiger partial charge in [0.15, 0.2) is 7.85 Å². The van der Waals surface area contributed by atoms with E-state index < -0.39 is 0 Å². The Morgan fingerprint density at radius 3 is 2.20 bits per heavy atom. The van der Waals surface area contributed by atoms with E-state index in [1.54, 1.807) is 41.2 Å². The molecule has 0 radical (unpaired) electrons. The van der Waals surface area contributed by atoms with E-state index in [1.807, 2.05) is 0 Å². The minimum absolute atomic E-state index is 0.0544. The summed E-state index contributed by atoms with van der Waals surface area (Å²) in [5.41, 5.74) is 0. The zero-order valence-corrected chi connectivity index (χ0v) is 20.9. The molecule has 0 aromatic heterocycles. The molecule has 0 bridgehead atoms. The van der Waals surface area contributed by atoms with Crippen LogP contribution in [0.15, 0.2) is 0 Å². The lowest BCUT2D eigenvalue weighted by atomic mass is 10.2. The molecule has 0 unspecified atom stereocenters. The van der Waals surface area contributed by atoms with Crippen molar-refractivity contribution < 1.29 is 28.6 Å². The van der Waals surface area contributed by atoms with Crippen molar-refractivity contribution in [1.29, 1.82) is 0 Å². The molecule has 0 atom stereocenters. The molecule has 0 spiro atoms. The Morgan fingerprint density at radius 2 is 1.50 bits per heavy atom. The number of nitrogens with one attached hydrogen (secondary N) is 3. The molecule has 0 saturated heterocycles. The number of rotatable bonds is 19. The van der Waals surface area contributed by atoms with E-state index in [-0.39, 0.29) is 15.7 Å². The first-order valence-corrected chi connectivity index (χ1v) is 13.0. The normalized spacial score (nSPS) is 10.0. The first-order chi connectivity index (χ1) is 14.6. The van der Waals surface area contributed by atoms with Crippen LogP contribution in [0.1, 0.15) is 12.8 Å². The molecule has 0 fully saturated rings. The van der Waals surface area contributed by atoms with Gasteiger partial charge in [0.25, 0.3) is 3.91 Å². The van der Waals surface area contributed by atoms with Gasteiger partial charge in [-0.2, -0.15) is 5.82 Å². The molecule has 30 heavy (non-hydrogen) atoms. The highest BCUT2D eigenvalue weighted by Gasteiger charge is 2.02. The predicted octanol–water partition coefficient (Wildman–Crippen LogP) is 0.126. The first-order valence-electron chi connectivity index (χ1n) is 9.40. The number of hydrogen-bond acceptors (Lipinski definition) is 8. The Bertz CT molecular complexity index is 551. The van der Waals surface area contributed by atoms with Gasteiger partial charge in [0.1, 0.15) is 5.94 Å².